The molecule has 0 radical (unpaired) electrons. The van der Waals surface area contributed by atoms with Gasteiger partial charge in [0.1, 0.15) is 5.82 Å². The minimum absolute atomic E-state index is 0.260. The van der Waals surface area contributed by atoms with E-state index in [4.69, 9.17) is 0 Å². The van der Waals surface area contributed by atoms with Crippen LogP contribution >= 0.6 is 0 Å². The minimum atomic E-state index is -0.271. The Kier molecular flexibility index (Phi) is 5.02. The third kappa shape index (κ3) is 3.80. The first-order chi connectivity index (χ1) is 12.7. The molecule has 1 amide bonds. The third-order valence-corrected chi connectivity index (χ3v) is 5.45. The van der Waals surface area contributed by atoms with Crippen LogP contribution in [0.15, 0.2) is 30.5 Å². The molecule has 1 aromatic carbocycles. The van der Waals surface area contributed by atoms with Gasteiger partial charge in [-0.1, -0.05) is 0 Å². The number of halogens is 1. The summed E-state index contributed by atoms with van der Waals surface area (Å²) in [6.45, 7) is 4.14. The van der Waals surface area contributed by atoms with Crippen LogP contribution in [0.5, 0.6) is 0 Å². The SMILES string of the molecule is O=C(CN1CCC(Nc2cc(F)cc3ncccc23)CC1)N1CCCC1. The summed E-state index contributed by atoms with van der Waals surface area (Å²) in [6.07, 6.45) is 5.85. The molecule has 26 heavy (non-hydrogen) atoms. The van der Waals surface area contributed by atoms with Gasteiger partial charge in [0.15, 0.2) is 0 Å². The van der Waals surface area contributed by atoms with Crippen LogP contribution in [0.25, 0.3) is 10.9 Å². The van der Waals surface area contributed by atoms with Gasteiger partial charge in [-0.3, -0.25) is 14.7 Å². The maximum Gasteiger partial charge on any atom is 0.236 e. The number of anilines is 1. The number of carbonyl (C=O) groups is 1. The molecule has 0 atom stereocenters. The fourth-order valence-corrected chi connectivity index (χ4v) is 3.98. The summed E-state index contributed by atoms with van der Waals surface area (Å²) in [7, 11) is 0. The van der Waals surface area contributed by atoms with Crippen LogP contribution in [0.2, 0.25) is 0 Å². The molecule has 3 heterocycles. The van der Waals surface area contributed by atoms with E-state index in [1.165, 1.54) is 6.07 Å². The minimum Gasteiger partial charge on any atom is -0.382 e. The number of nitrogens with zero attached hydrogens (tertiary/aromatic N) is 3. The van der Waals surface area contributed by atoms with E-state index in [2.05, 4.69) is 15.2 Å². The average Bonchev–Trinajstić information content (AvgIpc) is 3.18. The Balaban J connectivity index is 1.35. The summed E-state index contributed by atoms with van der Waals surface area (Å²) < 4.78 is 13.9. The summed E-state index contributed by atoms with van der Waals surface area (Å²) in [5, 5.41) is 4.44. The van der Waals surface area contributed by atoms with Crippen LogP contribution in [-0.2, 0) is 4.79 Å². The van der Waals surface area contributed by atoms with Gasteiger partial charge in [0.2, 0.25) is 5.91 Å². The molecule has 0 spiro atoms. The van der Waals surface area contributed by atoms with Crippen LogP contribution in [0.4, 0.5) is 10.1 Å². The maximum atomic E-state index is 13.9. The van der Waals surface area contributed by atoms with Crippen molar-refractivity contribution < 1.29 is 9.18 Å². The predicted molar refractivity (Wildman–Crippen MR) is 101 cm³/mol. The molecule has 1 N–H and O–H groups in total. The Morgan fingerprint density at radius 2 is 1.96 bits per heavy atom. The number of rotatable bonds is 4. The standard InChI is InChI=1S/C20H25FN4O/c21-15-12-18-17(4-3-7-22-18)19(13-15)23-16-5-10-24(11-6-16)14-20(26)25-8-1-2-9-25/h3-4,7,12-13,16,23H,1-2,5-6,8-11,14H2. The zero-order valence-corrected chi connectivity index (χ0v) is 15.0. The third-order valence-electron chi connectivity index (χ3n) is 5.45. The second-order valence-electron chi connectivity index (χ2n) is 7.31. The van der Waals surface area contributed by atoms with Crippen LogP contribution in [-0.4, -0.2) is 59.5 Å². The van der Waals surface area contributed by atoms with Crippen molar-refractivity contribution in [3.05, 3.63) is 36.3 Å². The average molecular weight is 356 g/mol. The Bertz CT molecular complexity index is 782. The van der Waals surface area contributed by atoms with Gasteiger partial charge in [0.05, 0.1) is 12.1 Å². The molecule has 2 aliphatic rings. The summed E-state index contributed by atoms with van der Waals surface area (Å²) in [4.78, 5) is 20.8. The molecular formula is C20H25FN4O. The summed E-state index contributed by atoms with van der Waals surface area (Å²) >= 11 is 0. The van der Waals surface area contributed by atoms with Gasteiger partial charge in [-0.05, 0) is 43.9 Å². The first-order valence-corrected chi connectivity index (χ1v) is 9.50. The van der Waals surface area contributed by atoms with E-state index >= 15 is 0 Å². The fourth-order valence-electron chi connectivity index (χ4n) is 3.98. The number of nitrogens with one attached hydrogen (secondary N) is 1. The predicted octanol–water partition coefficient (Wildman–Crippen LogP) is 2.87. The molecule has 4 rings (SSSR count). The van der Waals surface area contributed by atoms with E-state index in [-0.39, 0.29) is 11.7 Å². The molecule has 138 valence electrons. The molecule has 1 aromatic heterocycles. The van der Waals surface area contributed by atoms with Crippen molar-refractivity contribution in [1.82, 2.24) is 14.8 Å². The quantitative estimate of drug-likeness (QED) is 0.915. The Morgan fingerprint density at radius 1 is 1.19 bits per heavy atom. The molecular weight excluding hydrogens is 331 g/mol. The molecule has 2 aliphatic heterocycles. The van der Waals surface area contributed by atoms with Crippen LogP contribution in [0.1, 0.15) is 25.7 Å². The number of carbonyl (C=O) groups excluding carboxylic acids is 1. The van der Waals surface area contributed by atoms with Gasteiger partial charge in [0.25, 0.3) is 0 Å². The first-order valence-electron chi connectivity index (χ1n) is 9.50. The van der Waals surface area contributed by atoms with Crippen molar-refractivity contribution in [2.75, 3.05) is 38.0 Å². The Morgan fingerprint density at radius 3 is 2.73 bits per heavy atom. The number of amides is 1. The number of benzene rings is 1. The van der Waals surface area contributed by atoms with Gasteiger partial charge in [-0.2, -0.15) is 0 Å². The van der Waals surface area contributed by atoms with Crippen LogP contribution in [0, 0.1) is 5.82 Å². The van der Waals surface area contributed by atoms with Crippen LogP contribution < -0.4 is 5.32 Å². The lowest BCUT2D eigenvalue weighted by Gasteiger charge is -2.33. The number of hydrogen-bond donors (Lipinski definition) is 1. The Hall–Kier alpha value is -2.21. The Labute approximate surface area is 153 Å². The second kappa shape index (κ2) is 7.58. The fraction of sp³-hybridized carbons (Fsp3) is 0.500. The second-order valence-corrected chi connectivity index (χ2v) is 7.31. The number of fused-ring (bicyclic) bond motifs is 1. The zero-order valence-electron chi connectivity index (χ0n) is 15.0. The highest BCUT2D eigenvalue weighted by molar-refractivity contribution is 5.91. The lowest BCUT2D eigenvalue weighted by molar-refractivity contribution is -0.131. The summed E-state index contributed by atoms with van der Waals surface area (Å²) in [6, 6.07) is 7.14. The molecule has 2 saturated heterocycles. The number of pyridine rings is 1. The zero-order chi connectivity index (χ0) is 17.9. The lowest BCUT2D eigenvalue weighted by atomic mass is 10.0. The van der Waals surface area contributed by atoms with E-state index in [0.717, 1.165) is 62.9 Å². The summed E-state index contributed by atoms with van der Waals surface area (Å²) in [5.74, 6) is -0.0107. The van der Waals surface area contributed by atoms with Crippen LogP contribution in [0.3, 0.4) is 0 Å². The van der Waals surface area contributed by atoms with Gasteiger partial charge < -0.3 is 10.2 Å². The van der Waals surface area contributed by atoms with Crippen molar-refractivity contribution >= 4 is 22.5 Å². The van der Waals surface area contributed by atoms with Crippen molar-refractivity contribution in [2.45, 2.75) is 31.7 Å². The highest BCUT2D eigenvalue weighted by atomic mass is 19.1. The van der Waals surface area contributed by atoms with Crippen molar-refractivity contribution in [3.8, 4) is 0 Å². The van der Waals surface area contributed by atoms with Crippen molar-refractivity contribution in [3.63, 3.8) is 0 Å². The number of piperidine rings is 1. The van der Waals surface area contributed by atoms with E-state index in [0.29, 0.717) is 18.1 Å². The molecule has 2 aromatic rings. The molecule has 5 nitrogen and oxygen atoms in total. The van der Waals surface area contributed by atoms with Crippen molar-refractivity contribution in [1.29, 1.82) is 0 Å². The van der Waals surface area contributed by atoms with Gasteiger partial charge in [-0.25, -0.2) is 4.39 Å². The highest BCUT2D eigenvalue weighted by Gasteiger charge is 2.24. The van der Waals surface area contributed by atoms with Gasteiger partial charge in [-0.15, -0.1) is 0 Å². The number of aromatic nitrogens is 1. The lowest BCUT2D eigenvalue weighted by Crippen LogP contribution is -2.44. The van der Waals surface area contributed by atoms with Gasteiger partial charge in [0, 0.05) is 55.6 Å². The molecule has 0 bridgehead atoms. The van der Waals surface area contributed by atoms with E-state index in [1.807, 2.05) is 17.0 Å². The highest BCUT2D eigenvalue weighted by Crippen LogP contribution is 2.26. The van der Waals surface area contributed by atoms with Crippen molar-refractivity contribution in [2.24, 2.45) is 0 Å². The molecule has 0 saturated carbocycles. The first kappa shape index (κ1) is 17.2. The number of likely N-dealkylation sites (tertiary alicyclic amines) is 2. The molecule has 0 unspecified atom stereocenters. The summed E-state index contributed by atoms with van der Waals surface area (Å²) in [5.41, 5.74) is 1.48. The van der Waals surface area contributed by atoms with E-state index in [9.17, 15) is 9.18 Å². The van der Waals surface area contributed by atoms with Gasteiger partial charge >= 0.3 is 0 Å². The van der Waals surface area contributed by atoms with E-state index < -0.39 is 0 Å². The topological polar surface area (TPSA) is 48.5 Å². The molecule has 6 heteroatoms. The number of hydrogen-bond acceptors (Lipinski definition) is 4. The normalized spacial score (nSPS) is 19.2. The molecule has 0 aliphatic carbocycles. The largest absolute Gasteiger partial charge is 0.382 e. The monoisotopic (exact) mass is 356 g/mol. The van der Waals surface area contributed by atoms with E-state index in [1.54, 1.807) is 12.3 Å². The maximum absolute atomic E-state index is 13.9. The molecule has 2 fully saturated rings. The smallest absolute Gasteiger partial charge is 0.236 e.